The van der Waals surface area contributed by atoms with Crippen LogP contribution in [0.1, 0.15) is 80.3 Å². The maximum atomic E-state index is 16.8. The Morgan fingerprint density at radius 1 is 1.07 bits per heavy atom. The first kappa shape index (κ1) is 46.4. The molecule has 0 spiro atoms. The molecule has 1 unspecified atom stereocenters. The van der Waals surface area contributed by atoms with Crippen LogP contribution in [-0.2, 0) is 44.7 Å². The number of oxime groups is 1. The van der Waals surface area contributed by atoms with Crippen LogP contribution in [0.2, 0.25) is 0 Å². The summed E-state index contributed by atoms with van der Waals surface area (Å²) in [5.74, 6) is -5.06. The van der Waals surface area contributed by atoms with Crippen molar-refractivity contribution >= 4 is 23.3 Å². The van der Waals surface area contributed by atoms with Gasteiger partial charge >= 0.3 is 5.97 Å². The zero-order chi connectivity index (χ0) is 43.6. The molecule has 0 amide bonds. The molecule has 5 N–H and O–H groups in total. The molecular formula is C41H62FN5O12. The number of nitrogens with two attached hydrogens (primary N) is 1. The average Bonchev–Trinajstić information content (AvgIpc) is 3.65. The minimum absolute atomic E-state index is 0.000679. The summed E-state index contributed by atoms with van der Waals surface area (Å²) in [7, 11) is 3.63. The average molecular weight is 836 g/mol. The Labute approximate surface area is 344 Å². The summed E-state index contributed by atoms with van der Waals surface area (Å²) in [6, 6.07) is 4.65. The normalized spacial score (nSPS) is 39.9. The SMILES string of the molecule is CC[C@H]1OC(=O)[C@@](C)(F)C(=O)[C@H](C)[C@@H](O[C@H]2O[C@H](C)C[C@H](N(C)C)[C@H]2O)[C@@]2(C)C[C@@H](C)[C@H](O)[C@H](C)C(OC/C(=N\OCc3coc(-c4cccc(N)n4)n3)CO2)[C@]1(C)O. The number of cyclic esters (lactones) is 1. The number of likely N-dealkylation sites (N-methyl/N-ethyl adjacent to an activating group) is 1. The molecule has 2 aromatic heterocycles. The molecule has 330 valence electrons. The second-order valence-corrected chi connectivity index (χ2v) is 17.2. The smallest absolute Gasteiger partial charge is 0.351 e. The Kier molecular flexibility index (Phi) is 14.6. The third-order valence-electron chi connectivity index (χ3n) is 12.0. The standard InChI is InChI=1S/C41H62FN5O12/c1-11-29-41(8,52)35-23(4)31(48)21(2)16-39(6,55-19-26(18-53-35)46-56-20-25-17-54-36(44-25)27-13-12-14-30(43)45-27)34(24(5)33(50)40(7,42)38(51)58-29)59-37-32(49)28(47(9)10)15-22(3)57-37/h12-14,17,21-24,28-29,31-32,34-35,37,48-49,52H,11,15-16,18-20H2,1-10H3,(H2,43,45)/b46-26+/t21-,22-,23+,24+,28+,29-,31+,32-,34-,35?,37-,39-,40+,41-/m1/s1. The molecule has 18 heteroatoms. The maximum absolute atomic E-state index is 16.8. The van der Waals surface area contributed by atoms with Gasteiger partial charge in [-0.3, -0.25) is 4.79 Å². The number of nitrogen functional groups attached to an aromatic ring is 1. The molecular weight excluding hydrogens is 773 g/mol. The van der Waals surface area contributed by atoms with Crippen LogP contribution in [0.3, 0.4) is 0 Å². The summed E-state index contributed by atoms with van der Waals surface area (Å²) in [5.41, 5.74) is -0.00490. The Hall–Kier alpha value is -3.62. The lowest BCUT2D eigenvalue weighted by molar-refractivity contribution is -0.297. The number of carbonyl (C=O) groups excluding carboxylic acids is 2. The van der Waals surface area contributed by atoms with Crippen molar-refractivity contribution < 1.29 is 62.2 Å². The Bertz CT molecular complexity index is 1790. The minimum atomic E-state index is -3.21. The number of pyridine rings is 1. The first-order valence-electron chi connectivity index (χ1n) is 20.2. The molecule has 5 rings (SSSR count). The van der Waals surface area contributed by atoms with Crippen molar-refractivity contribution in [2.75, 3.05) is 33.0 Å². The van der Waals surface area contributed by atoms with Gasteiger partial charge in [0.1, 0.15) is 47.0 Å². The summed E-state index contributed by atoms with van der Waals surface area (Å²) in [5, 5.41) is 40.1. The first-order chi connectivity index (χ1) is 27.6. The van der Waals surface area contributed by atoms with Crippen molar-refractivity contribution in [1.29, 1.82) is 0 Å². The van der Waals surface area contributed by atoms with Crippen LogP contribution in [0.25, 0.3) is 11.6 Å². The third kappa shape index (κ3) is 10.1. The predicted octanol–water partition coefficient (Wildman–Crippen LogP) is 3.22. The van der Waals surface area contributed by atoms with E-state index in [0.717, 1.165) is 6.92 Å². The molecule has 17 nitrogen and oxygen atoms in total. The molecule has 3 saturated heterocycles. The van der Waals surface area contributed by atoms with E-state index >= 15 is 4.39 Å². The van der Waals surface area contributed by atoms with E-state index in [0.29, 0.717) is 23.6 Å². The van der Waals surface area contributed by atoms with Crippen LogP contribution in [0.4, 0.5) is 10.2 Å². The van der Waals surface area contributed by atoms with Gasteiger partial charge in [-0.2, -0.15) is 0 Å². The number of hydrogen-bond donors (Lipinski definition) is 4. The number of aromatic nitrogens is 2. The highest BCUT2D eigenvalue weighted by molar-refractivity contribution is 6.07. The van der Waals surface area contributed by atoms with Gasteiger partial charge in [0.25, 0.3) is 5.67 Å². The fourth-order valence-corrected chi connectivity index (χ4v) is 8.64. The number of oxazole rings is 1. The van der Waals surface area contributed by atoms with Gasteiger partial charge in [-0.15, -0.1) is 0 Å². The van der Waals surface area contributed by atoms with Crippen molar-refractivity contribution in [3.63, 3.8) is 0 Å². The lowest BCUT2D eigenvalue weighted by Gasteiger charge is -2.48. The highest BCUT2D eigenvalue weighted by atomic mass is 19.1. The van der Waals surface area contributed by atoms with Crippen molar-refractivity contribution in [2.45, 2.75) is 147 Å². The van der Waals surface area contributed by atoms with Crippen molar-refractivity contribution in [3.8, 4) is 11.6 Å². The monoisotopic (exact) mass is 835 g/mol. The number of esters is 1. The van der Waals surface area contributed by atoms with Gasteiger partial charge in [0.2, 0.25) is 5.89 Å². The number of aliphatic hydroxyl groups is 3. The van der Waals surface area contributed by atoms with E-state index in [1.807, 2.05) is 25.9 Å². The molecule has 0 radical (unpaired) electrons. The first-order valence-corrected chi connectivity index (χ1v) is 20.2. The number of alkyl halides is 1. The number of Topliss-reactive ketones (excluding diaryl/α,β-unsaturated/α-hetero) is 1. The quantitative estimate of drug-likeness (QED) is 0.170. The number of anilines is 1. The van der Waals surface area contributed by atoms with E-state index in [4.69, 9.17) is 38.7 Å². The predicted molar refractivity (Wildman–Crippen MR) is 211 cm³/mol. The fourth-order valence-electron chi connectivity index (χ4n) is 8.64. The molecule has 3 aliphatic heterocycles. The van der Waals surface area contributed by atoms with Crippen LogP contribution < -0.4 is 5.73 Å². The van der Waals surface area contributed by atoms with E-state index < -0.39 is 89.2 Å². The zero-order valence-electron chi connectivity index (χ0n) is 35.7. The van der Waals surface area contributed by atoms with Crippen molar-refractivity contribution in [1.82, 2.24) is 14.9 Å². The molecule has 0 aromatic carbocycles. The number of aliphatic hydroxyl groups excluding tert-OH is 2. The summed E-state index contributed by atoms with van der Waals surface area (Å²) in [6.45, 7) is 11.4. The largest absolute Gasteiger partial charge is 0.457 e. The summed E-state index contributed by atoms with van der Waals surface area (Å²) in [6.07, 6.45) is -6.19. The van der Waals surface area contributed by atoms with E-state index in [-0.39, 0.29) is 50.4 Å². The second kappa shape index (κ2) is 18.6. The lowest BCUT2D eigenvalue weighted by Crippen LogP contribution is -2.62. The van der Waals surface area contributed by atoms with Crippen molar-refractivity contribution in [2.24, 2.45) is 22.9 Å². The second-order valence-electron chi connectivity index (χ2n) is 17.2. The van der Waals surface area contributed by atoms with E-state index in [2.05, 4.69) is 15.1 Å². The lowest BCUT2D eigenvalue weighted by atomic mass is 9.73. The number of fused-ring (bicyclic) bond motifs is 5. The van der Waals surface area contributed by atoms with Gasteiger partial charge in [0.05, 0.1) is 43.2 Å². The molecule has 14 atom stereocenters. The Balaban J connectivity index is 1.59. The highest BCUT2D eigenvalue weighted by Gasteiger charge is 2.57. The van der Waals surface area contributed by atoms with Gasteiger partial charge in [0, 0.05) is 17.9 Å². The number of halogens is 1. The van der Waals surface area contributed by atoms with Gasteiger partial charge in [-0.25, -0.2) is 19.2 Å². The number of ether oxygens (including phenoxy) is 5. The topological polar surface area (TPSA) is 231 Å². The van der Waals surface area contributed by atoms with Gasteiger partial charge < -0.3 is 58.9 Å². The Morgan fingerprint density at radius 3 is 2.44 bits per heavy atom. The Morgan fingerprint density at radius 2 is 1.78 bits per heavy atom. The van der Waals surface area contributed by atoms with Crippen LogP contribution in [0, 0.1) is 17.8 Å². The number of nitrogens with zero attached hydrogens (tertiary/aromatic N) is 4. The number of ketones is 1. The summed E-state index contributed by atoms with van der Waals surface area (Å²) >= 11 is 0. The fraction of sp³-hybridized carbons (Fsp3) is 0.732. The van der Waals surface area contributed by atoms with Crippen LogP contribution in [-0.4, -0.2) is 141 Å². The molecule has 2 aromatic rings. The number of hydrogen-bond acceptors (Lipinski definition) is 17. The molecule has 0 aliphatic carbocycles. The van der Waals surface area contributed by atoms with Crippen LogP contribution in [0.15, 0.2) is 34.0 Å². The van der Waals surface area contributed by atoms with Gasteiger partial charge in [-0.1, -0.05) is 38.9 Å². The molecule has 2 bridgehead atoms. The molecule has 3 aliphatic rings. The number of carbonyl (C=O) groups is 2. The third-order valence-corrected chi connectivity index (χ3v) is 12.0. The molecule has 59 heavy (non-hydrogen) atoms. The van der Waals surface area contributed by atoms with E-state index in [9.17, 15) is 24.9 Å². The molecule has 5 heterocycles. The van der Waals surface area contributed by atoms with Crippen LogP contribution in [0.5, 0.6) is 0 Å². The van der Waals surface area contributed by atoms with Crippen molar-refractivity contribution in [3.05, 3.63) is 30.2 Å². The summed E-state index contributed by atoms with van der Waals surface area (Å²) < 4.78 is 53.8. The van der Waals surface area contributed by atoms with E-state index in [1.54, 1.807) is 45.9 Å². The number of rotatable bonds is 8. The maximum Gasteiger partial charge on any atom is 0.351 e. The van der Waals surface area contributed by atoms with Gasteiger partial charge in [0.15, 0.2) is 18.7 Å². The molecule has 3 fully saturated rings. The van der Waals surface area contributed by atoms with Crippen LogP contribution >= 0.6 is 0 Å². The molecule has 0 saturated carbocycles. The highest BCUT2D eigenvalue weighted by Crippen LogP contribution is 2.41. The van der Waals surface area contributed by atoms with Gasteiger partial charge in [-0.05, 0) is 79.1 Å². The zero-order valence-corrected chi connectivity index (χ0v) is 35.7. The summed E-state index contributed by atoms with van der Waals surface area (Å²) in [4.78, 5) is 44.3. The van der Waals surface area contributed by atoms with E-state index in [1.165, 1.54) is 20.1 Å². The minimum Gasteiger partial charge on any atom is -0.457 e.